The molecule has 0 saturated carbocycles. The first-order valence-corrected chi connectivity index (χ1v) is 6.47. The van der Waals surface area contributed by atoms with Gasteiger partial charge in [0, 0.05) is 24.3 Å². The topological polar surface area (TPSA) is 97.9 Å². The van der Waals surface area contributed by atoms with Crippen molar-refractivity contribution in [3.8, 4) is 0 Å². The Balaban J connectivity index is 1.87. The van der Waals surface area contributed by atoms with Crippen LogP contribution in [0.1, 0.15) is 16.8 Å². The van der Waals surface area contributed by atoms with E-state index in [2.05, 4.69) is 21.1 Å². The number of nitrogens with zero attached hydrogens (tertiary/aromatic N) is 3. The summed E-state index contributed by atoms with van der Waals surface area (Å²) in [4.78, 5) is 12.0. The minimum Gasteiger partial charge on any atom is -0.352 e. The van der Waals surface area contributed by atoms with Crippen molar-refractivity contribution in [1.29, 1.82) is 0 Å². The van der Waals surface area contributed by atoms with Crippen LogP contribution in [0.3, 0.4) is 0 Å². The van der Waals surface area contributed by atoms with Crippen LogP contribution in [0, 0.1) is 0 Å². The number of nitrogens with one attached hydrogen (secondary N) is 2. The van der Waals surface area contributed by atoms with Gasteiger partial charge in [0.25, 0.3) is 5.91 Å². The normalized spacial score (nSPS) is 10.3. The predicted octanol–water partition coefficient (Wildman–Crippen LogP) is 1.04. The van der Waals surface area contributed by atoms with Crippen molar-refractivity contribution in [3.63, 3.8) is 0 Å². The lowest BCUT2D eigenvalue weighted by atomic mass is 10.1. The van der Waals surface area contributed by atoms with Gasteiger partial charge in [-0.25, -0.2) is 0 Å². The lowest BCUT2D eigenvalue weighted by molar-refractivity contribution is 0.0953. The Morgan fingerprint density at radius 3 is 3.00 bits per heavy atom. The molecule has 0 aliphatic heterocycles. The van der Waals surface area contributed by atoms with E-state index >= 15 is 0 Å². The minimum atomic E-state index is -0.223. The van der Waals surface area contributed by atoms with E-state index in [9.17, 15) is 4.79 Å². The van der Waals surface area contributed by atoms with Crippen LogP contribution in [-0.4, -0.2) is 27.4 Å². The average molecular weight is 295 g/mol. The molecule has 0 radical (unpaired) electrons. The highest BCUT2D eigenvalue weighted by Gasteiger charge is 2.11. The van der Waals surface area contributed by atoms with Crippen LogP contribution in [0.25, 0.3) is 0 Å². The number of nitrogens with two attached hydrogens (primary N) is 1. The average Bonchev–Trinajstić information content (AvgIpc) is 2.96. The number of carbonyl (C=O) groups excluding carboxylic acids is 1. The number of hydrazine groups is 1. The zero-order chi connectivity index (χ0) is 14.4. The molecule has 106 valence electrons. The zero-order valence-electron chi connectivity index (χ0n) is 10.7. The molecule has 0 unspecified atom stereocenters. The molecular weight excluding hydrogens is 280 g/mol. The fraction of sp³-hybridized carbons (Fsp3) is 0.250. The molecule has 8 heteroatoms. The van der Waals surface area contributed by atoms with Crippen molar-refractivity contribution in [3.05, 3.63) is 41.2 Å². The van der Waals surface area contributed by atoms with Gasteiger partial charge in [0.2, 0.25) is 0 Å². The first-order valence-electron chi connectivity index (χ1n) is 6.09. The lowest BCUT2D eigenvalue weighted by Gasteiger charge is -2.10. The molecular formula is C12H15ClN6O. The fourth-order valence-electron chi connectivity index (χ4n) is 1.72. The quantitative estimate of drug-likeness (QED) is 0.420. The van der Waals surface area contributed by atoms with Gasteiger partial charge >= 0.3 is 0 Å². The molecule has 0 spiro atoms. The van der Waals surface area contributed by atoms with Gasteiger partial charge in [0.05, 0.1) is 17.4 Å². The summed E-state index contributed by atoms with van der Waals surface area (Å²) in [5.74, 6) is 5.14. The van der Waals surface area contributed by atoms with E-state index in [1.165, 1.54) is 0 Å². The number of rotatable bonds is 6. The number of anilines is 1. The van der Waals surface area contributed by atoms with Crippen molar-refractivity contribution in [2.75, 3.05) is 12.0 Å². The Morgan fingerprint density at radius 1 is 1.45 bits per heavy atom. The molecule has 4 N–H and O–H groups in total. The van der Waals surface area contributed by atoms with Gasteiger partial charge in [-0.05, 0) is 24.6 Å². The largest absolute Gasteiger partial charge is 0.352 e. The Labute approximate surface area is 121 Å². The van der Waals surface area contributed by atoms with Crippen LogP contribution in [0.15, 0.2) is 30.6 Å². The molecule has 1 aromatic heterocycles. The molecule has 0 bridgehead atoms. The van der Waals surface area contributed by atoms with E-state index in [0.717, 1.165) is 6.42 Å². The standard InChI is InChI=1S/C12H15ClN6O/c13-9-2-3-11(17-14)10(8-9)12(20)15-4-1-6-19-7-5-16-18-19/h2-3,5,7-8,17H,1,4,6,14H2,(H,15,20). The van der Waals surface area contributed by atoms with Crippen LogP contribution in [0.2, 0.25) is 5.02 Å². The Bertz CT molecular complexity index is 571. The number of aromatic nitrogens is 3. The zero-order valence-corrected chi connectivity index (χ0v) is 11.5. The van der Waals surface area contributed by atoms with Crippen molar-refractivity contribution >= 4 is 23.2 Å². The molecule has 1 amide bonds. The third-order valence-electron chi connectivity index (χ3n) is 2.70. The van der Waals surface area contributed by atoms with Gasteiger partial charge in [-0.2, -0.15) is 0 Å². The third-order valence-corrected chi connectivity index (χ3v) is 2.94. The first kappa shape index (κ1) is 14.3. The van der Waals surface area contributed by atoms with E-state index in [0.29, 0.717) is 29.4 Å². The maximum atomic E-state index is 12.0. The van der Waals surface area contributed by atoms with E-state index < -0.39 is 0 Å². The molecule has 1 heterocycles. The maximum absolute atomic E-state index is 12.0. The molecule has 0 aliphatic rings. The molecule has 2 rings (SSSR count). The van der Waals surface area contributed by atoms with Crippen molar-refractivity contribution in [2.24, 2.45) is 5.84 Å². The highest BCUT2D eigenvalue weighted by Crippen LogP contribution is 2.19. The Hall–Kier alpha value is -2.12. The smallest absolute Gasteiger partial charge is 0.253 e. The Kier molecular flexibility index (Phi) is 4.91. The van der Waals surface area contributed by atoms with Crippen LogP contribution >= 0.6 is 11.6 Å². The lowest BCUT2D eigenvalue weighted by Crippen LogP contribution is -2.27. The summed E-state index contributed by atoms with van der Waals surface area (Å²) >= 11 is 5.88. The van der Waals surface area contributed by atoms with Crippen LogP contribution in [-0.2, 0) is 6.54 Å². The molecule has 20 heavy (non-hydrogen) atoms. The number of amides is 1. The number of benzene rings is 1. The van der Waals surface area contributed by atoms with Crippen molar-refractivity contribution < 1.29 is 4.79 Å². The number of halogens is 1. The summed E-state index contributed by atoms with van der Waals surface area (Å²) in [5, 5.41) is 10.8. The number of aryl methyl sites for hydroxylation is 1. The highest BCUT2D eigenvalue weighted by molar-refractivity contribution is 6.31. The maximum Gasteiger partial charge on any atom is 0.253 e. The van der Waals surface area contributed by atoms with Gasteiger partial charge in [-0.3, -0.25) is 15.3 Å². The van der Waals surface area contributed by atoms with Gasteiger partial charge < -0.3 is 10.7 Å². The van der Waals surface area contributed by atoms with E-state index in [1.54, 1.807) is 35.3 Å². The van der Waals surface area contributed by atoms with Gasteiger partial charge in [0.1, 0.15) is 0 Å². The fourth-order valence-corrected chi connectivity index (χ4v) is 1.89. The van der Waals surface area contributed by atoms with Gasteiger partial charge in [-0.15, -0.1) is 5.10 Å². The summed E-state index contributed by atoms with van der Waals surface area (Å²) in [7, 11) is 0. The van der Waals surface area contributed by atoms with Crippen molar-refractivity contribution in [1.82, 2.24) is 20.3 Å². The molecule has 0 saturated heterocycles. The number of nitrogen functional groups attached to an aromatic ring is 1. The summed E-state index contributed by atoms with van der Waals surface area (Å²) in [6.45, 7) is 1.22. The van der Waals surface area contributed by atoms with Crippen LogP contribution < -0.4 is 16.6 Å². The molecule has 2 aromatic rings. The summed E-state index contributed by atoms with van der Waals surface area (Å²) in [6.07, 6.45) is 4.14. The van der Waals surface area contributed by atoms with Gasteiger partial charge in [0.15, 0.2) is 0 Å². The van der Waals surface area contributed by atoms with Gasteiger partial charge in [-0.1, -0.05) is 16.8 Å². The van der Waals surface area contributed by atoms with E-state index in [1.807, 2.05) is 0 Å². The summed E-state index contributed by atoms with van der Waals surface area (Å²) < 4.78 is 1.71. The van der Waals surface area contributed by atoms with E-state index in [-0.39, 0.29) is 5.91 Å². The highest BCUT2D eigenvalue weighted by atomic mass is 35.5. The van der Waals surface area contributed by atoms with E-state index in [4.69, 9.17) is 17.4 Å². The molecule has 0 fully saturated rings. The molecule has 0 aliphatic carbocycles. The Morgan fingerprint density at radius 2 is 2.30 bits per heavy atom. The number of hydrogen-bond acceptors (Lipinski definition) is 5. The predicted molar refractivity (Wildman–Crippen MR) is 76.2 cm³/mol. The van der Waals surface area contributed by atoms with Crippen LogP contribution in [0.4, 0.5) is 5.69 Å². The molecule has 7 nitrogen and oxygen atoms in total. The second kappa shape index (κ2) is 6.88. The second-order valence-electron chi connectivity index (χ2n) is 4.11. The second-order valence-corrected chi connectivity index (χ2v) is 4.55. The monoisotopic (exact) mass is 294 g/mol. The summed E-state index contributed by atoms with van der Waals surface area (Å²) in [5.41, 5.74) is 3.42. The minimum absolute atomic E-state index is 0.223. The van der Waals surface area contributed by atoms with Crippen LogP contribution in [0.5, 0.6) is 0 Å². The van der Waals surface area contributed by atoms with Crippen molar-refractivity contribution in [2.45, 2.75) is 13.0 Å². The number of carbonyl (C=O) groups is 1. The third kappa shape index (κ3) is 3.69. The first-order chi connectivity index (χ1) is 9.70. The number of hydrogen-bond donors (Lipinski definition) is 3. The summed E-state index contributed by atoms with van der Waals surface area (Å²) in [6, 6.07) is 4.90. The molecule has 0 atom stereocenters. The SMILES string of the molecule is NNc1ccc(Cl)cc1C(=O)NCCCn1ccnn1. The molecule has 1 aromatic carbocycles.